The lowest BCUT2D eigenvalue weighted by Crippen LogP contribution is -2.32. The van der Waals surface area contributed by atoms with Gasteiger partial charge in [0.25, 0.3) is 5.91 Å². The van der Waals surface area contributed by atoms with E-state index in [0.29, 0.717) is 33.9 Å². The smallest absolute Gasteiger partial charge is 0.270 e. The van der Waals surface area contributed by atoms with E-state index in [1.165, 1.54) is 12.6 Å². The summed E-state index contributed by atoms with van der Waals surface area (Å²) in [5.41, 5.74) is 1.89. The van der Waals surface area contributed by atoms with Crippen LogP contribution in [0.15, 0.2) is 48.7 Å². The van der Waals surface area contributed by atoms with Crippen LogP contribution < -0.4 is 20.3 Å². The highest BCUT2D eigenvalue weighted by Crippen LogP contribution is 2.25. The second-order valence-corrected chi connectivity index (χ2v) is 8.37. The van der Waals surface area contributed by atoms with Gasteiger partial charge in [0.2, 0.25) is 5.95 Å². The van der Waals surface area contributed by atoms with Gasteiger partial charge in [-0.3, -0.25) is 4.79 Å². The largest absolute Gasteiger partial charge is 0.495 e. The summed E-state index contributed by atoms with van der Waals surface area (Å²) in [6.45, 7) is 3.73. The molecule has 2 aromatic heterocycles. The lowest BCUT2D eigenvalue weighted by molar-refractivity contribution is 0.0934. The van der Waals surface area contributed by atoms with Crippen molar-refractivity contribution in [2.75, 3.05) is 30.4 Å². The van der Waals surface area contributed by atoms with Crippen LogP contribution in [0.3, 0.4) is 0 Å². The summed E-state index contributed by atoms with van der Waals surface area (Å²) < 4.78 is 5.11. The van der Waals surface area contributed by atoms with Crippen molar-refractivity contribution < 1.29 is 9.53 Å². The number of hydrogen-bond donors (Lipinski definition) is 2. The van der Waals surface area contributed by atoms with Crippen LogP contribution in [-0.2, 0) is 0 Å². The van der Waals surface area contributed by atoms with E-state index in [1.54, 1.807) is 19.2 Å². The number of halogens is 1. The maximum Gasteiger partial charge on any atom is 0.270 e. The van der Waals surface area contributed by atoms with Gasteiger partial charge >= 0.3 is 0 Å². The fraction of sp³-hybridized carbons (Fsp3) is 0.333. The molecular formula is C24H27ClN6O2. The summed E-state index contributed by atoms with van der Waals surface area (Å²) >= 11 is 6.01. The van der Waals surface area contributed by atoms with E-state index in [4.69, 9.17) is 26.3 Å². The van der Waals surface area contributed by atoms with E-state index in [2.05, 4.69) is 20.5 Å². The number of anilines is 3. The molecule has 0 spiro atoms. The minimum atomic E-state index is -0.348. The first-order valence-electron chi connectivity index (χ1n) is 11.0. The second kappa shape index (κ2) is 10.5. The van der Waals surface area contributed by atoms with Gasteiger partial charge in [-0.15, -0.1) is 0 Å². The number of nitrogens with zero attached hydrogens (tertiary/aromatic N) is 4. The number of aromatic nitrogens is 3. The Hall–Kier alpha value is -3.39. The van der Waals surface area contributed by atoms with Gasteiger partial charge in [0.1, 0.15) is 17.3 Å². The third kappa shape index (κ3) is 5.90. The summed E-state index contributed by atoms with van der Waals surface area (Å²) in [4.78, 5) is 28.6. The van der Waals surface area contributed by atoms with Crippen molar-refractivity contribution in [3.8, 4) is 5.75 Å². The molecule has 8 nitrogen and oxygen atoms in total. The molecule has 1 aliphatic rings. The molecule has 172 valence electrons. The number of rotatable bonds is 7. The Morgan fingerprint density at radius 2 is 1.85 bits per heavy atom. The quantitative estimate of drug-likeness (QED) is 0.518. The highest BCUT2D eigenvalue weighted by atomic mass is 35.5. The zero-order valence-electron chi connectivity index (χ0n) is 18.7. The predicted molar refractivity (Wildman–Crippen MR) is 130 cm³/mol. The van der Waals surface area contributed by atoms with Crippen LogP contribution >= 0.6 is 11.6 Å². The molecule has 0 saturated carbocycles. The van der Waals surface area contributed by atoms with E-state index in [9.17, 15) is 4.79 Å². The van der Waals surface area contributed by atoms with E-state index in [-0.39, 0.29) is 11.9 Å². The third-order valence-corrected chi connectivity index (χ3v) is 5.74. The van der Waals surface area contributed by atoms with Crippen molar-refractivity contribution in [1.29, 1.82) is 0 Å². The Kier molecular flexibility index (Phi) is 7.24. The van der Waals surface area contributed by atoms with Crippen LogP contribution in [0.25, 0.3) is 0 Å². The number of pyridine rings is 1. The molecule has 1 fully saturated rings. The number of carbonyl (C=O) groups excluding carboxylic acids is 1. The van der Waals surface area contributed by atoms with Crippen LogP contribution in [0.2, 0.25) is 5.02 Å². The number of methoxy groups -OCH3 is 1. The molecule has 4 rings (SSSR count). The lowest BCUT2D eigenvalue weighted by atomic mass is 10.1. The Balaban J connectivity index is 1.57. The summed E-state index contributed by atoms with van der Waals surface area (Å²) in [6.07, 6.45) is 4.96. The highest BCUT2D eigenvalue weighted by Gasteiger charge is 2.19. The summed E-state index contributed by atoms with van der Waals surface area (Å²) in [5, 5.41) is 6.98. The first-order chi connectivity index (χ1) is 16.0. The average molecular weight is 467 g/mol. The zero-order chi connectivity index (χ0) is 23.2. The molecule has 1 aromatic carbocycles. The molecule has 1 amide bonds. The van der Waals surface area contributed by atoms with Gasteiger partial charge in [0.05, 0.1) is 25.0 Å². The van der Waals surface area contributed by atoms with Crippen molar-refractivity contribution in [3.63, 3.8) is 0 Å². The number of carbonyl (C=O) groups is 1. The van der Waals surface area contributed by atoms with Crippen molar-refractivity contribution in [1.82, 2.24) is 20.3 Å². The summed E-state index contributed by atoms with van der Waals surface area (Å²) in [6, 6.07) is 12.3. The van der Waals surface area contributed by atoms with Gasteiger partial charge in [-0.1, -0.05) is 11.6 Å². The molecule has 0 bridgehead atoms. The van der Waals surface area contributed by atoms with Crippen LogP contribution in [0.1, 0.15) is 48.4 Å². The molecule has 0 radical (unpaired) electrons. The summed E-state index contributed by atoms with van der Waals surface area (Å²) in [7, 11) is 1.56. The van der Waals surface area contributed by atoms with Crippen LogP contribution in [0.5, 0.6) is 5.75 Å². The molecule has 3 heterocycles. The molecule has 1 atom stereocenters. The topological polar surface area (TPSA) is 92.3 Å². The van der Waals surface area contributed by atoms with E-state index in [0.717, 1.165) is 31.6 Å². The van der Waals surface area contributed by atoms with E-state index < -0.39 is 0 Å². The monoisotopic (exact) mass is 466 g/mol. The highest BCUT2D eigenvalue weighted by molar-refractivity contribution is 6.30. The Labute approximate surface area is 198 Å². The van der Waals surface area contributed by atoms with E-state index in [1.807, 2.05) is 37.3 Å². The van der Waals surface area contributed by atoms with Gasteiger partial charge in [-0.05, 0) is 62.6 Å². The predicted octanol–water partition coefficient (Wildman–Crippen LogP) is 4.76. The molecule has 2 N–H and O–H groups in total. The Morgan fingerprint density at radius 1 is 1.09 bits per heavy atom. The molecule has 33 heavy (non-hydrogen) atoms. The third-order valence-electron chi connectivity index (χ3n) is 5.49. The maximum absolute atomic E-state index is 12.7. The van der Waals surface area contributed by atoms with Gasteiger partial charge in [-0.25, -0.2) is 9.97 Å². The molecule has 0 unspecified atom stereocenters. The molecule has 1 aliphatic heterocycles. The molecule has 9 heteroatoms. The minimum Gasteiger partial charge on any atom is -0.495 e. The molecular weight excluding hydrogens is 440 g/mol. The van der Waals surface area contributed by atoms with Crippen LogP contribution in [-0.4, -0.2) is 41.1 Å². The molecule has 3 aromatic rings. The Morgan fingerprint density at radius 3 is 2.52 bits per heavy atom. The summed E-state index contributed by atoms with van der Waals surface area (Å²) in [5.74, 6) is 1.63. The molecule has 0 aliphatic carbocycles. The zero-order valence-corrected chi connectivity index (χ0v) is 19.5. The number of hydrogen-bond acceptors (Lipinski definition) is 7. The Bertz CT molecular complexity index is 1090. The van der Waals surface area contributed by atoms with Crippen LogP contribution in [0, 0.1) is 0 Å². The minimum absolute atomic E-state index is 0.282. The first kappa shape index (κ1) is 22.8. The van der Waals surface area contributed by atoms with Gasteiger partial charge in [0, 0.05) is 29.9 Å². The second-order valence-electron chi connectivity index (χ2n) is 7.94. The molecule has 1 saturated heterocycles. The van der Waals surface area contributed by atoms with Crippen LogP contribution in [0.4, 0.5) is 17.5 Å². The average Bonchev–Trinajstić information content (AvgIpc) is 2.86. The van der Waals surface area contributed by atoms with Crippen molar-refractivity contribution in [2.24, 2.45) is 0 Å². The fourth-order valence-corrected chi connectivity index (χ4v) is 3.76. The van der Waals surface area contributed by atoms with Gasteiger partial charge in [-0.2, -0.15) is 4.98 Å². The first-order valence-corrected chi connectivity index (χ1v) is 11.4. The fourth-order valence-electron chi connectivity index (χ4n) is 3.64. The number of benzene rings is 1. The van der Waals surface area contributed by atoms with Crippen molar-refractivity contribution >= 4 is 35.0 Å². The normalized spacial score (nSPS) is 14.5. The van der Waals surface area contributed by atoms with Gasteiger partial charge < -0.3 is 20.3 Å². The lowest BCUT2D eigenvalue weighted by Gasteiger charge is -2.28. The number of piperidine rings is 1. The number of amides is 1. The van der Waals surface area contributed by atoms with Gasteiger partial charge in [0.15, 0.2) is 0 Å². The number of nitrogens with one attached hydrogen (secondary N) is 2. The van der Waals surface area contributed by atoms with E-state index >= 15 is 0 Å². The van der Waals surface area contributed by atoms with Crippen molar-refractivity contribution in [3.05, 3.63) is 65.1 Å². The maximum atomic E-state index is 12.7. The number of ether oxygens (including phenoxy) is 1. The van der Waals surface area contributed by atoms with Crippen molar-refractivity contribution in [2.45, 2.75) is 32.2 Å². The standard InChI is InChI=1S/C24H27ClN6O2/c1-16(27-23(32)20-11-10-19(33-2)15-26-20)21-14-22(28-18-8-6-17(25)7-9-18)30-24(29-21)31-12-4-3-5-13-31/h6-11,14-16H,3-5,12-13H2,1-2H3,(H,27,32)(H,28,29,30)/t16-/m0/s1. The SMILES string of the molecule is COc1ccc(C(=O)N[C@@H](C)c2cc(Nc3ccc(Cl)cc3)nc(N3CCCCC3)n2)nc1.